The van der Waals surface area contributed by atoms with Gasteiger partial charge in [0.05, 0.1) is 4.92 Å². The lowest BCUT2D eigenvalue weighted by Gasteiger charge is -2.08. The number of ether oxygens (including phenoxy) is 1. The molecule has 0 saturated carbocycles. The zero-order chi connectivity index (χ0) is 15.7. The molecule has 0 aliphatic carbocycles. The van der Waals surface area contributed by atoms with Gasteiger partial charge in [0.25, 0.3) is 0 Å². The van der Waals surface area contributed by atoms with Gasteiger partial charge in [-0.1, -0.05) is 15.9 Å². The van der Waals surface area contributed by atoms with Gasteiger partial charge in [-0.05, 0) is 30.7 Å². The van der Waals surface area contributed by atoms with Crippen LogP contribution in [-0.4, -0.2) is 14.9 Å². The summed E-state index contributed by atoms with van der Waals surface area (Å²) in [6, 6.07) is 1.99. The summed E-state index contributed by atoms with van der Waals surface area (Å²) in [7, 11) is 0. The second-order valence-electron chi connectivity index (χ2n) is 3.79. The summed E-state index contributed by atoms with van der Waals surface area (Å²) in [5.41, 5.74) is -0.648. The summed E-state index contributed by atoms with van der Waals surface area (Å²) in [5, 5.41) is 10.7. The van der Waals surface area contributed by atoms with E-state index >= 15 is 0 Å². The standard InChI is InChI=1S/C11H5BrClF2N3O3/c1-4-9(18(19)20)10(17-11(13)16-4)21-7-3-5(12)2-6(14)8(7)15/h2-3H,1H3. The third kappa shape index (κ3) is 3.24. The van der Waals surface area contributed by atoms with Crippen LogP contribution in [-0.2, 0) is 0 Å². The lowest BCUT2D eigenvalue weighted by molar-refractivity contribution is -0.386. The Morgan fingerprint density at radius 1 is 1.38 bits per heavy atom. The van der Waals surface area contributed by atoms with Crippen LogP contribution in [0.2, 0.25) is 5.28 Å². The SMILES string of the molecule is Cc1nc(Cl)nc(Oc2cc(Br)cc(F)c2F)c1[N+](=O)[O-]. The van der Waals surface area contributed by atoms with Gasteiger partial charge in [-0.3, -0.25) is 10.1 Å². The van der Waals surface area contributed by atoms with Crippen molar-refractivity contribution in [2.45, 2.75) is 6.92 Å². The molecule has 0 spiro atoms. The van der Waals surface area contributed by atoms with Crippen molar-refractivity contribution in [1.82, 2.24) is 9.97 Å². The van der Waals surface area contributed by atoms with Crippen LogP contribution >= 0.6 is 27.5 Å². The summed E-state index contributed by atoms with van der Waals surface area (Å²) in [6.07, 6.45) is 0. The van der Waals surface area contributed by atoms with E-state index in [9.17, 15) is 18.9 Å². The van der Waals surface area contributed by atoms with E-state index in [0.717, 1.165) is 12.1 Å². The second kappa shape index (κ2) is 5.86. The van der Waals surface area contributed by atoms with Gasteiger partial charge >= 0.3 is 11.6 Å². The van der Waals surface area contributed by atoms with Gasteiger partial charge in [-0.25, -0.2) is 9.37 Å². The van der Waals surface area contributed by atoms with Gasteiger partial charge in [0, 0.05) is 4.47 Å². The maximum atomic E-state index is 13.6. The first-order valence-corrected chi connectivity index (χ1v) is 6.47. The number of aryl methyl sites for hydroxylation is 1. The minimum absolute atomic E-state index is 0.0640. The van der Waals surface area contributed by atoms with Crippen molar-refractivity contribution in [3.05, 3.63) is 49.3 Å². The Balaban J connectivity index is 2.57. The first kappa shape index (κ1) is 15.5. The van der Waals surface area contributed by atoms with E-state index in [1.807, 2.05) is 0 Å². The van der Waals surface area contributed by atoms with Gasteiger partial charge in [0.15, 0.2) is 11.6 Å². The average Bonchev–Trinajstić information content (AvgIpc) is 2.33. The second-order valence-corrected chi connectivity index (χ2v) is 5.04. The van der Waals surface area contributed by atoms with Crippen LogP contribution in [0.4, 0.5) is 14.5 Å². The summed E-state index contributed by atoms with van der Waals surface area (Å²) in [5.74, 6) is -3.63. The molecule has 0 unspecified atom stereocenters. The maximum absolute atomic E-state index is 13.6. The van der Waals surface area contributed by atoms with Crippen LogP contribution in [0.25, 0.3) is 0 Å². The van der Waals surface area contributed by atoms with Crippen molar-refractivity contribution >= 4 is 33.2 Å². The highest BCUT2D eigenvalue weighted by Crippen LogP contribution is 2.35. The summed E-state index contributed by atoms with van der Waals surface area (Å²) < 4.78 is 32.1. The Morgan fingerprint density at radius 3 is 2.67 bits per heavy atom. The number of benzene rings is 1. The third-order valence-corrected chi connectivity index (χ3v) is 2.97. The number of hydrogen-bond acceptors (Lipinski definition) is 5. The summed E-state index contributed by atoms with van der Waals surface area (Å²) in [6.45, 7) is 1.32. The van der Waals surface area contributed by atoms with Crippen molar-refractivity contribution in [2.24, 2.45) is 0 Å². The molecule has 0 saturated heterocycles. The molecule has 2 aromatic rings. The van der Waals surface area contributed by atoms with Crippen LogP contribution in [0, 0.1) is 28.7 Å². The molecular weight excluding hydrogens is 375 g/mol. The van der Waals surface area contributed by atoms with Crippen molar-refractivity contribution in [3.63, 3.8) is 0 Å². The third-order valence-electron chi connectivity index (χ3n) is 2.35. The Bertz CT molecular complexity index is 745. The van der Waals surface area contributed by atoms with Crippen LogP contribution in [0.3, 0.4) is 0 Å². The molecule has 0 aliphatic heterocycles. The largest absolute Gasteiger partial charge is 0.430 e. The van der Waals surface area contributed by atoms with Crippen LogP contribution in [0.1, 0.15) is 5.69 Å². The van der Waals surface area contributed by atoms with E-state index in [2.05, 4.69) is 25.9 Å². The first-order chi connectivity index (χ1) is 9.79. The molecule has 110 valence electrons. The molecule has 0 aliphatic rings. The molecule has 1 aromatic heterocycles. The van der Waals surface area contributed by atoms with Gasteiger partial charge < -0.3 is 4.74 Å². The molecule has 10 heteroatoms. The van der Waals surface area contributed by atoms with Gasteiger partial charge in [-0.2, -0.15) is 9.37 Å². The lowest BCUT2D eigenvalue weighted by Crippen LogP contribution is -2.02. The fraction of sp³-hybridized carbons (Fsp3) is 0.0909. The maximum Gasteiger partial charge on any atom is 0.352 e. The smallest absolute Gasteiger partial charge is 0.352 e. The van der Waals surface area contributed by atoms with Gasteiger partial charge in [-0.15, -0.1) is 0 Å². The Kier molecular flexibility index (Phi) is 4.33. The Hall–Kier alpha value is -1.87. The fourth-order valence-corrected chi connectivity index (χ4v) is 2.11. The quantitative estimate of drug-likeness (QED) is 0.345. The monoisotopic (exact) mass is 379 g/mol. The predicted molar refractivity (Wildman–Crippen MR) is 72.6 cm³/mol. The van der Waals surface area contributed by atoms with E-state index < -0.39 is 33.9 Å². The Labute approximate surface area is 130 Å². The molecule has 0 amide bonds. The van der Waals surface area contributed by atoms with Crippen LogP contribution < -0.4 is 4.74 Å². The molecule has 0 bridgehead atoms. The topological polar surface area (TPSA) is 78.2 Å². The molecule has 21 heavy (non-hydrogen) atoms. The molecule has 0 atom stereocenters. The van der Waals surface area contributed by atoms with E-state index in [-0.39, 0.29) is 15.5 Å². The zero-order valence-corrected chi connectivity index (χ0v) is 12.6. The molecular formula is C11H5BrClF2N3O3. The molecule has 0 fully saturated rings. The highest BCUT2D eigenvalue weighted by molar-refractivity contribution is 9.10. The van der Waals surface area contributed by atoms with Gasteiger partial charge in [0.2, 0.25) is 11.1 Å². The van der Waals surface area contributed by atoms with Crippen molar-refractivity contribution < 1.29 is 18.4 Å². The highest BCUT2D eigenvalue weighted by atomic mass is 79.9. The van der Waals surface area contributed by atoms with Gasteiger partial charge in [0.1, 0.15) is 5.69 Å². The highest BCUT2D eigenvalue weighted by Gasteiger charge is 2.25. The number of hydrogen-bond donors (Lipinski definition) is 0. The number of rotatable bonds is 3. The van der Waals surface area contributed by atoms with E-state index in [0.29, 0.717) is 0 Å². The summed E-state index contributed by atoms with van der Waals surface area (Å²) >= 11 is 8.55. The molecule has 0 radical (unpaired) electrons. The normalized spacial score (nSPS) is 10.5. The van der Waals surface area contributed by atoms with Crippen LogP contribution in [0.15, 0.2) is 16.6 Å². The molecule has 6 nitrogen and oxygen atoms in total. The average molecular weight is 381 g/mol. The Morgan fingerprint density at radius 2 is 2.05 bits per heavy atom. The number of nitro groups is 1. The first-order valence-electron chi connectivity index (χ1n) is 5.30. The molecule has 2 rings (SSSR count). The fourth-order valence-electron chi connectivity index (χ4n) is 1.50. The van der Waals surface area contributed by atoms with E-state index in [4.69, 9.17) is 16.3 Å². The lowest BCUT2D eigenvalue weighted by atomic mass is 10.3. The predicted octanol–water partition coefficient (Wildman–Crippen LogP) is 4.18. The number of aromatic nitrogens is 2. The van der Waals surface area contributed by atoms with Crippen molar-refractivity contribution in [1.29, 1.82) is 0 Å². The van der Waals surface area contributed by atoms with Crippen molar-refractivity contribution in [3.8, 4) is 11.6 Å². The molecule has 0 N–H and O–H groups in total. The molecule has 1 aromatic carbocycles. The number of halogens is 4. The van der Waals surface area contributed by atoms with E-state index in [1.54, 1.807) is 0 Å². The summed E-state index contributed by atoms with van der Waals surface area (Å²) in [4.78, 5) is 17.3. The zero-order valence-electron chi connectivity index (χ0n) is 10.2. The minimum atomic E-state index is -1.31. The number of nitrogens with zero attached hydrogens (tertiary/aromatic N) is 3. The minimum Gasteiger partial charge on any atom is -0.430 e. The van der Waals surface area contributed by atoms with Crippen molar-refractivity contribution in [2.75, 3.05) is 0 Å². The molecule has 1 heterocycles. The van der Waals surface area contributed by atoms with Crippen LogP contribution in [0.5, 0.6) is 11.6 Å². The van der Waals surface area contributed by atoms with E-state index in [1.165, 1.54) is 6.92 Å².